The predicted octanol–water partition coefficient (Wildman–Crippen LogP) is 2.09. The van der Waals surface area contributed by atoms with E-state index in [9.17, 15) is 19.7 Å². The van der Waals surface area contributed by atoms with Crippen LogP contribution in [0, 0.1) is 17.0 Å². The van der Waals surface area contributed by atoms with Gasteiger partial charge in [0, 0.05) is 22.8 Å². The van der Waals surface area contributed by atoms with E-state index in [0.29, 0.717) is 6.29 Å². The summed E-state index contributed by atoms with van der Waals surface area (Å²) < 4.78 is 0. The number of halogens is 1. The molecule has 5 nitrogen and oxygen atoms in total. The van der Waals surface area contributed by atoms with Crippen molar-refractivity contribution in [1.29, 1.82) is 0 Å². The van der Waals surface area contributed by atoms with Crippen LogP contribution in [-0.2, 0) is 0 Å². The standard InChI is InChI=1S/C9H6ClNO4/c1-5-2-7(9(10)13)6(4-12)3-8(5)11(14)15/h2-4H,1H3. The fraction of sp³-hybridized carbons (Fsp3) is 0.111. The monoisotopic (exact) mass is 227 g/mol. The van der Waals surface area contributed by atoms with Crippen LogP contribution >= 0.6 is 11.6 Å². The first-order chi connectivity index (χ1) is 6.97. The number of aldehydes is 1. The number of nitrogens with zero attached hydrogens (tertiary/aromatic N) is 1. The van der Waals surface area contributed by atoms with E-state index in [1.54, 1.807) is 0 Å². The molecule has 0 atom stereocenters. The van der Waals surface area contributed by atoms with Crippen molar-refractivity contribution >= 4 is 28.8 Å². The van der Waals surface area contributed by atoms with Crippen molar-refractivity contribution < 1.29 is 14.5 Å². The summed E-state index contributed by atoms with van der Waals surface area (Å²) >= 11 is 5.22. The molecule has 0 aliphatic rings. The molecular formula is C9H6ClNO4. The van der Waals surface area contributed by atoms with Crippen molar-refractivity contribution in [1.82, 2.24) is 0 Å². The molecule has 0 saturated heterocycles. The second kappa shape index (κ2) is 4.18. The first kappa shape index (κ1) is 11.3. The van der Waals surface area contributed by atoms with E-state index >= 15 is 0 Å². The van der Waals surface area contributed by atoms with Gasteiger partial charge in [0.25, 0.3) is 10.9 Å². The maximum atomic E-state index is 10.9. The van der Waals surface area contributed by atoms with Gasteiger partial charge in [-0.05, 0) is 24.6 Å². The van der Waals surface area contributed by atoms with E-state index in [1.807, 2.05) is 0 Å². The van der Waals surface area contributed by atoms with Gasteiger partial charge in [-0.25, -0.2) is 0 Å². The van der Waals surface area contributed by atoms with E-state index in [0.717, 1.165) is 6.07 Å². The van der Waals surface area contributed by atoms with Crippen LogP contribution in [-0.4, -0.2) is 16.5 Å². The first-order valence-electron chi connectivity index (χ1n) is 3.91. The summed E-state index contributed by atoms with van der Waals surface area (Å²) in [6, 6.07) is 2.27. The third-order valence-electron chi connectivity index (χ3n) is 1.90. The topological polar surface area (TPSA) is 77.3 Å². The third-order valence-corrected chi connectivity index (χ3v) is 2.11. The van der Waals surface area contributed by atoms with Gasteiger partial charge in [-0.1, -0.05) is 0 Å². The second-order valence-corrected chi connectivity index (χ2v) is 3.22. The molecule has 6 heteroatoms. The molecule has 1 aromatic rings. The van der Waals surface area contributed by atoms with Crippen molar-refractivity contribution in [2.75, 3.05) is 0 Å². The molecule has 0 aliphatic carbocycles. The number of rotatable bonds is 3. The van der Waals surface area contributed by atoms with Gasteiger partial charge < -0.3 is 0 Å². The highest BCUT2D eigenvalue weighted by atomic mass is 35.5. The minimum atomic E-state index is -0.810. The van der Waals surface area contributed by atoms with E-state index in [4.69, 9.17) is 11.6 Å². The number of nitro benzene ring substituents is 1. The Morgan fingerprint density at radius 1 is 1.53 bits per heavy atom. The van der Waals surface area contributed by atoms with Crippen molar-refractivity contribution in [2.24, 2.45) is 0 Å². The minimum Gasteiger partial charge on any atom is -0.298 e. The molecule has 0 aliphatic heterocycles. The first-order valence-corrected chi connectivity index (χ1v) is 4.29. The largest absolute Gasteiger partial charge is 0.298 e. The molecule has 0 saturated carbocycles. The smallest absolute Gasteiger partial charge is 0.273 e. The summed E-state index contributed by atoms with van der Waals surface area (Å²) in [5.41, 5.74) is -0.0181. The van der Waals surface area contributed by atoms with Crippen molar-refractivity contribution in [3.63, 3.8) is 0 Å². The van der Waals surface area contributed by atoms with Crippen LogP contribution < -0.4 is 0 Å². The number of carbonyl (C=O) groups excluding carboxylic acids is 2. The highest BCUT2D eigenvalue weighted by molar-refractivity contribution is 6.68. The zero-order valence-corrected chi connectivity index (χ0v) is 8.45. The molecular weight excluding hydrogens is 222 g/mol. The SMILES string of the molecule is Cc1cc(C(=O)Cl)c(C=O)cc1[N+](=O)[O-]. The lowest BCUT2D eigenvalue weighted by Crippen LogP contribution is -2.01. The summed E-state index contributed by atoms with van der Waals surface area (Å²) in [5.74, 6) is 0. The molecule has 0 fully saturated rings. The number of hydrogen-bond donors (Lipinski definition) is 0. The number of aryl methyl sites for hydroxylation is 1. The highest BCUT2D eigenvalue weighted by Crippen LogP contribution is 2.23. The summed E-state index contributed by atoms with van der Waals surface area (Å²) in [7, 11) is 0. The lowest BCUT2D eigenvalue weighted by Gasteiger charge is -2.02. The zero-order valence-electron chi connectivity index (χ0n) is 7.69. The van der Waals surface area contributed by atoms with Gasteiger partial charge >= 0.3 is 0 Å². The Bertz CT molecular complexity index is 456. The Morgan fingerprint density at radius 3 is 2.53 bits per heavy atom. The molecule has 0 aromatic heterocycles. The number of nitro groups is 1. The number of hydrogen-bond acceptors (Lipinski definition) is 4. The fourth-order valence-electron chi connectivity index (χ4n) is 1.18. The number of benzene rings is 1. The normalized spacial score (nSPS) is 9.73. The molecule has 78 valence electrons. The van der Waals surface area contributed by atoms with Gasteiger partial charge in [0.2, 0.25) is 0 Å². The van der Waals surface area contributed by atoms with Crippen LogP contribution in [0.4, 0.5) is 5.69 Å². The van der Waals surface area contributed by atoms with Crippen LogP contribution in [0.2, 0.25) is 0 Å². The zero-order chi connectivity index (χ0) is 11.6. The average molecular weight is 228 g/mol. The van der Waals surface area contributed by atoms with Gasteiger partial charge in [-0.15, -0.1) is 0 Å². The molecule has 1 rings (SSSR count). The van der Waals surface area contributed by atoms with E-state index in [2.05, 4.69) is 0 Å². The lowest BCUT2D eigenvalue weighted by molar-refractivity contribution is -0.385. The Labute approximate surface area is 89.8 Å². The quantitative estimate of drug-likeness (QED) is 0.343. The molecule has 15 heavy (non-hydrogen) atoms. The minimum absolute atomic E-state index is 0.0187. The van der Waals surface area contributed by atoms with Gasteiger partial charge in [-0.2, -0.15) is 0 Å². The van der Waals surface area contributed by atoms with Gasteiger partial charge in [0.15, 0.2) is 6.29 Å². The van der Waals surface area contributed by atoms with Gasteiger partial charge in [-0.3, -0.25) is 19.7 Å². The van der Waals surface area contributed by atoms with Crippen LogP contribution in [0.5, 0.6) is 0 Å². The maximum absolute atomic E-state index is 10.9. The second-order valence-electron chi connectivity index (χ2n) is 2.87. The molecule has 0 amide bonds. The van der Waals surface area contributed by atoms with Crippen LogP contribution in [0.15, 0.2) is 12.1 Å². The Hall–Kier alpha value is -1.75. The third kappa shape index (κ3) is 2.19. The maximum Gasteiger partial charge on any atom is 0.273 e. The highest BCUT2D eigenvalue weighted by Gasteiger charge is 2.17. The van der Waals surface area contributed by atoms with Crippen molar-refractivity contribution in [3.8, 4) is 0 Å². The molecule has 0 bridgehead atoms. The molecule has 0 unspecified atom stereocenters. The van der Waals surface area contributed by atoms with Crippen LogP contribution in [0.25, 0.3) is 0 Å². The van der Waals surface area contributed by atoms with Crippen LogP contribution in [0.1, 0.15) is 26.3 Å². The molecule has 0 radical (unpaired) electrons. The Balaban J connectivity index is 3.48. The summed E-state index contributed by atoms with van der Waals surface area (Å²) in [4.78, 5) is 31.4. The lowest BCUT2D eigenvalue weighted by atomic mass is 10.0. The van der Waals surface area contributed by atoms with Gasteiger partial charge in [0.05, 0.1) is 4.92 Å². The van der Waals surface area contributed by atoms with Crippen molar-refractivity contribution in [3.05, 3.63) is 38.9 Å². The van der Waals surface area contributed by atoms with Crippen molar-refractivity contribution in [2.45, 2.75) is 6.92 Å². The summed E-state index contributed by atoms with van der Waals surface area (Å²) in [6.07, 6.45) is 0.363. The summed E-state index contributed by atoms with van der Waals surface area (Å²) in [5, 5.41) is 9.73. The fourth-order valence-corrected chi connectivity index (χ4v) is 1.34. The molecule has 0 heterocycles. The Morgan fingerprint density at radius 2 is 2.13 bits per heavy atom. The van der Waals surface area contributed by atoms with E-state index in [-0.39, 0.29) is 22.4 Å². The van der Waals surface area contributed by atoms with E-state index in [1.165, 1.54) is 13.0 Å². The predicted molar refractivity (Wildman–Crippen MR) is 53.4 cm³/mol. The molecule has 1 aromatic carbocycles. The molecule has 0 spiro atoms. The van der Waals surface area contributed by atoms with Crippen LogP contribution in [0.3, 0.4) is 0 Å². The average Bonchev–Trinajstić information content (AvgIpc) is 2.16. The van der Waals surface area contributed by atoms with Gasteiger partial charge in [0.1, 0.15) is 0 Å². The number of carbonyl (C=O) groups is 2. The Kier molecular flexibility index (Phi) is 3.16. The summed E-state index contributed by atoms with van der Waals surface area (Å²) in [6.45, 7) is 1.47. The van der Waals surface area contributed by atoms with E-state index < -0.39 is 10.2 Å². The molecule has 0 N–H and O–H groups in total.